The highest BCUT2D eigenvalue weighted by Gasteiger charge is 2.39. The highest BCUT2D eigenvalue weighted by molar-refractivity contribution is 5.91. The zero-order chi connectivity index (χ0) is 17.1. The molecule has 1 amide bonds. The Labute approximate surface area is 147 Å². The third kappa shape index (κ3) is 3.78. The van der Waals surface area contributed by atoms with Gasteiger partial charge >= 0.3 is 0 Å². The van der Waals surface area contributed by atoms with E-state index in [-0.39, 0.29) is 17.6 Å². The van der Waals surface area contributed by atoms with Gasteiger partial charge in [-0.15, -0.1) is 0 Å². The summed E-state index contributed by atoms with van der Waals surface area (Å²) in [5, 5.41) is 2.92. The third-order valence-electron chi connectivity index (χ3n) is 5.30. The van der Waals surface area contributed by atoms with Gasteiger partial charge in [-0.1, -0.05) is 0 Å². The van der Waals surface area contributed by atoms with E-state index in [1.54, 1.807) is 0 Å². The molecule has 3 aliphatic heterocycles. The summed E-state index contributed by atoms with van der Waals surface area (Å²) in [5.74, 6) is 0.316. The molecule has 4 rings (SSSR count). The fraction of sp³-hybridized carbons (Fsp3) is 0.667. The van der Waals surface area contributed by atoms with Crippen molar-refractivity contribution in [2.75, 3.05) is 49.7 Å². The van der Waals surface area contributed by atoms with Gasteiger partial charge < -0.3 is 24.4 Å². The minimum atomic E-state index is -0.360. The minimum absolute atomic E-state index is 0.0277. The molecule has 25 heavy (non-hydrogen) atoms. The summed E-state index contributed by atoms with van der Waals surface area (Å²) in [4.78, 5) is 18.9. The molecule has 3 fully saturated rings. The number of hydrogen-bond donors (Lipinski definition) is 1. The Morgan fingerprint density at radius 2 is 1.84 bits per heavy atom. The molecule has 1 aromatic heterocycles. The van der Waals surface area contributed by atoms with E-state index >= 15 is 0 Å². The fourth-order valence-electron chi connectivity index (χ4n) is 3.73. The summed E-state index contributed by atoms with van der Waals surface area (Å²) >= 11 is 0. The van der Waals surface area contributed by atoms with Crippen LogP contribution in [0.5, 0.6) is 0 Å². The predicted octanol–water partition coefficient (Wildman–Crippen LogP) is 1.79. The summed E-state index contributed by atoms with van der Waals surface area (Å²) in [6.45, 7) is 4.49. The van der Waals surface area contributed by atoms with Crippen LogP contribution in [0.25, 0.3) is 0 Å². The third-order valence-corrected chi connectivity index (χ3v) is 5.30. The molecule has 0 bridgehead atoms. The lowest BCUT2D eigenvalue weighted by Crippen LogP contribution is -2.45. The molecule has 3 aliphatic rings. The van der Waals surface area contributed by atoms with Crippen molar-refractivity contribution in [1.29, 1.82) is 0 Å². The second kappa shape index (κ2) is 7.27. The summed E-state index contributed by atoms with van der Waals surface area (Å²) in [6, 6.07) is 3.89. The molecule has 0 unspecified atom stereocenters. The van der Waals surface area contributed by atoms with Crippen molar-refractivity contribution < 1.29 is 19.0 Å². The summed E-state index contributed by atoms with van der Waals surface area (Å²) in [5.41, 5.74) is 1.07. The van der Waals surface area contributed by atoms with Crippen molar-refractivity contribution in [1.82, 2.24) is 4.98 Å². The molecule has 7 heteroatoms. The van der Waals surface area contributed by atoms with Crippen molar-refractivity contribution in [3.8, 4) is 0 Å². The summed E-state index contributed by atoms with van der Waals surface area (Å²) < 4.78 is 16.8. The van der Waals surface area contributed by atoms with Crippen LogP contribution in [0.3, 0.4) is 0 Å². The zero-order valence-electron chi connectivity index (χ0n) is 14.4. The van der Waals surface area contributed by atoms with Crippen LogP contribution in [0, 0.1) is 5.92 Å². The molecule has 136 valence electrons. The van der Waals surface area contributed by atoms with Crippen LogP contribution < -0.4 is 10.2 Å². The number of pyridine rings is 1. The maximum Gasteiger partial charge on any atom is 0.228 e. The van der Waals surface area contributed by atoms with E-state index in [1.807, 2.05) is 18.3 Å². The van der Waals surface area contributed by atoms with Crippen LogP contribution in [0.1, 0.15) is 25.7 Å². The lowest BCUT2D eigenvalue weighted by atomic mass is 9.99. The van der Waals surface area contributed by atoms with Crippen molar-refractivity contribution >= 4 is 17.4 Å². The molecule has 0 atom stereocenters. The van der Waals surface area contributed by atoms with Gasteiger partial charge in [0.2, 0.25) is 5.91 Å². The Hall–Kier alpha value is -1.70. The van der Waals surface area contributed by atoms with Crippen LogP contribution in [0.4, 0.5) is 11.5 Å². The normalized spacial score (nSPS) is 23.8. The van der Waals surface area contributed by atoms with E-state index in [0.29, 0.717) is 32.2 Å². The van der Waals surface area contributed by atoms with Crippen LogP contribution in [0.15, 0.2) is 18.3 Å². The number of nitrogens with zero attached hydrogens (tertiary/aromatic N) is 2. The molecule has 1 spiro atoms. The van der Waals surface area contributed by atoms with E-state index in [2.05, 4.69) is 15.2 Å². The maximum absolute atomic E-state index is 12.3. The SMILES string of the molecule is O=C(Nc1ccc(N2CCC3(CC2)OCCO3)cn1)C1CCOCC1. The van der Waals surface area contributed by atoms with Crippen LogP contribution in [-0.4, -0.2) is 56.2 Å². The van der Waals surface area contributed by atoms with Gasteiger partial charge in [0, 0.05) is 45.1 Å². The predicted molar refractivity (Wildman–Crippen MR) is 92.5 cm³/mol. The lowest BCUT2D eigenvalue weighted by molar-refractivity contribution is -0.169. The molecular weight excluding hydrogens is 322 g/mol. The maximum atomic E-state index is 12.3. The van der Waals surface area contributed by atoms with Gasteiger partial charge in [-0.05, 0) is 25.0 Å². The first-order valence-electron chi connectivity index (χ1n) is 9.12. The highest BCUT2D eigenvalue weighted by atomic mass is 16.7. The molecule has 4 heterocycles. The highest BCUT2D eigenvalue weighted by Crippen LogP contribution is 2.33. The van der Waals surface area contributed by atoms with Gasteiger partial charge in [-0.2, -0.15) is 0 Å². The summed E-state index contributed by atoms with van der Waals surface area (Å²) in [6.07, 6.45) is 5.13. The molecule has 1 aromatic rings. The number of carbonyl (C=O) groups is 1. The Bertz CT molecular complexity index is 585. The van der Waals surface area contributed by atoms with Gasteiger partial charge in [0.25, 0.3) is 0 Å². The van der Waals surface area contributed by atoms with Crippen molar-refractivity contribution in [3.63, 3.8) is 0 Å². The first kappa shape index (κ1) is 16.8. The van der Waals surface area contributed by atoms with E-state index < -0.39 is 0 Å². The van der Waals surface area contributed by atoms with Gasteiger partial charge in [-0.3, -0.25) is 4.79 Å². The number of ether oxygens (including phenoxy) is 3. The smallest absolute Gasteiger partial charge is 0.228 e. The lowest BCUT2D eigenvalue weighted by Gasteiger charge is -2.38. The molecule has 1 N–H and O–H groups in total. The van der Waals surface area contributed by atoms with E-state index in [0.717, 1.165) is 44.5 Å². The van der Waals surface area contributed by atoms with Crippen molar-refractivity contribution in [2.45, 2.75) is 31.5 Å². The number of piperidine rings is 1. The van der Waals surface area contributed by atoms with E-state index in [9.17, 15) is 4.79 Å². The second-order valence-electron chi connectivity index (χ2n) is 6.87. The average Bonchev–Trinajstić information content (AvgIpc) is 3.12. The Morgan fingerprint density at radius 3 is 2.48 bits per heavy atom. The van der Waals surface area contributed by atoms with Crippen LogP contribution in [-0.2, 0) is 19.0 Å². The van der Waals surface area contributed by atoms with E-state index in [1.165, 1.54) is 0 Å². The quantitative estimate of drug-likeness (QED) is 0.899. The van der Waals surface area contributed by atoms with Crippen molar-refractivity contribution in [3.05, 3.63) is 18.3 Å². The van der Waals surface area contributed by atoms with Gasteiger partial charge in [-0.25, -0.2) is 4.98 Å². The monoisotopic (exact) mass is 347 g/mol. The molecule has 0 radical (unpaired) electrons. The topological polar surface area (TPSA) is 72.9 Å². The Morgan fingerprint density at radius 1 is 1.12 bits per heavy atom. The Kier molecular flexibility index (Phi) is 4.87. The number of nitrogens with one attached hydrogen (secondary N) is 1. The number of anilines is 2. The molecule has 0 aliphatic carbocycles. The largest absolute Gasteiger partial charge is 0.381 e. The second-order valence-corrected chi connectivity index (χ2v) is 6.87. The first-order chi connectivity index (χ1) is 12.2. The number of hydrogen-bond acceptors (Lipinski definition) is 6. The van der Waals surface area contributed by atoms with Crippen LogP contribution >= 0.6 is 0 Å². The fourth-order valence-corrected chi connectivity index (χ4v) is 3.73. The molecular formula is C18H25N3O4. The summed E-state index contributed by atoms with van der Waals surface area (Å²) in [7, 11) is 0. The van der Waals surface area contributed by atoms with E-state index in [4.69, 9.17) is 14.2 Å². The average molecular weight is 347 g/mol. The molecule has 0 saturated carbocycles. The Balaban J connectivity index is 1.32. The molecule has 3 saturated heterocycles. The van der Waals surface area contributed by atoms with Gasteiger partial charge in [0.05, 0.1) is 25.1 Å². The number of amides is 1. The number of carbonyl (C=O) groups excluding carboxylic acids is 1. The standard InChI is InChI=1S/C18H25N3O4/c22-17(14-3-9-23-10-4-14)20-16-2-1-15(13-19-16)21-7-5-18(6-8-21)24-11-12-25-18/h1-2,13-14H,3-12H2,(H,19,20,22). The van der Waals surface area contributed by atoms with Crippen molar-refractivity contribution in [2.24, 2.45) is 5.92 Å². The zero-order valence-corrected chi connectivity index (χ0v) is 14.4. The first-order valence-corrected chi connectivity index (χ1v) is 9.12. The van der Waals surface area contributed by atoms with Crippen LogP contribution in [0.2, 0.25) is 0 Å². The molecule has 0 aromatic carbocycles. The number of aromatic nitrogens is 1. The minimum Gasteiger partial charge on any atom is -0.381 e. The molecule has 7 nitrogen and oxygen atoms in total. The van der Waals surface area contributed by atoms with Gasteiger partial charge in [0.15, 0.2) is 5.79 Å². The van der Waals surface area contributed by atoms with Gasteiger partial charge in [0.1, 0.15) is 5.82 Å². The number of rotatable bonds is 3.